The van der Waals surface area contributed by atoms with Crippen molar-refractivity contribution in [3.63, 3.8) is 0 Å². The van der Waals surface area contributed by atoms with E-state index < -0.39 is 0 Å². The smallest absolute Gasteiger partial charge is 0.258 e. The fourth-order valence-corrected chi connectivity index (χ4v) is 1.70. The van der Waals surface area contributed by atoms with Gasteiger partial charge in [0.05, 0.1) is 0 Å². The summed E-state index contributed by atoms with van der Waals surface area (Å²) in [6, 6.07) is 12.4. The normalized spacial score (nSPS) is 9.82. The first kappa shape index (κ1) is 15.5. The molecule has 0 saturated carbocycles. The first-order chi connectivity index (χ1) is 10.8. The molecule has 22 heavy (non-hydrogen) atoms. The fourth-order valence-electron chi connectivity index (χ4n) is 1.70. The van der Waals surface area contributed by atoms with Gasteiger partial charge in [0.1, 0.15) is 5.75 Å². The molecule has 114 valence electrons. The van der Waals surface area contributed by atoms with Crippen molar-refractivity contribution in [3.05, 3.63) is 60.4 Å². The van der Waals surface area contributed by atoms with Crippen LogP contribution in [-0.4, -0.2) is 36.5 Å². The monoisotopic (exact) mass is 299 g/mol. The molecule has 0 aliphatic carbocycles. The van der Waals surface area contributed by atoms with Gasteiger partial charge < -0.3 is 15.4 Å². The molecule has 0 atom stereocenters. The van der Waals surface area contributed by atoms with Crippen LogP contribution in [0.5, 0.6) is 5.75 Å². The van der Waals surface area contributed by atoms with Crippen molar-refractivity contribution in [2.24, 2.45) is 0 Å². The molecular weight excluding hydrogens is 282 g/mol. The Morgan fingerprint density at radius 3 is 2.36 bits per heavy atom. The summed E-state index contributed by atoms with van der Waals surface area (Å²) >= 11 is 0. The van der Waals surface area contributed by atoms with Crippen LogP contribution in [-0.2, 0) is 4.79 Å². The number of aromatic nitrogens is 1. The average Bonchev–Trinajstić information content (AvgIpc) is 2.58. The molecule has 2 rings (SSSR count). The summed E-state index contributed by atoms with van der Waals surface area (Å²) in [5.74, 6) is 0.211. The van der Waals surface area contributed by atoms with Crippen molar-refractivity contribution in [1.29, 1.82) is 0 Å². The number of ether oxygens (including phenoxy) is 1. The van der Waals surface area contributed by atoms with E-state index in [0.717, 1.165) is 0 Å². The summed E-state index contributed by atoms with van der Waals surface area (Å²) in [6.07, 6.45) is 3.11. The highest BCUT2D eigenvalue weighted by molar-refractivity contribution is 5.93. The number of carbonyl (C=O) groups excluding carboxylic acids is 2. The van der Waals surface area contributed by atoms with Gasteiger partial charge in [0.2, 0.25) is 0 Å². The van der Waals surface area contributed by atoms with Crippen LogP contribution in [0.4, 0.5) is 0 Å². The van der Waals surface area contributed by atoms with E-state index >= 15 is 0 Å². The molecule has 0 unspecified atom stereocenters. The van der Waals surface area contributed by atoms with E-state index in [0.29, 0.717) is 24.4 Å². The predicted octanol–water partition coefficient (Wildman–Crippen LogP) is 1.01. The fraction of sp³-hybridized carbons (Fsp3) is 0.188. The van der Waals surface area contributed by atoms with Crippen molar-refractivity contribution in [1.82, 2.24) is 15.6 Å². The average molecular weight is 299 g/mol. The summed E-state index contributed by atoms with van der Waals surface area (Å²) in [7, 11) is 0. The van der Waals surface area contributed by atoms with Gasteiger partial charge in [-0.15, -0.1) is 0 Å². The van der Waals surface area contributed by atoms with Crippen LogP contribution < -0.4 is 15.4 Å². The zero-order chi connectivity index (χ0) is 15.6. The highest BCUT2D eigenvalue weighted by Gasteiger charge is 2.05. The third kappa shape index (κ3) is 5.24. The number of amides is 2. The van der Waals surface area contributed by atoms with Gasteiger partial charge in [0, 0.05) is 31.0 Å². The van der Waals surface area contributed by atoms with E-state index in [1.807, 2.05) is 18.2 Å². The molecule has 0 radical (unpaired) electrons. The SMILES string of the molecule is O=C(COc1ccccc1)NCCNC(=O)c1ccncc1. The van der Waals surface area contributed by atoms with E-state index in [1.165, 1.54) is 0 Å². The van der Waals surface area contributed by atoms with E-state index in [9.17, 15) is 9.59 Å². The third-order valence-electron chi connectivity index (χ3n) is 2.79. The van der Waals surface area contributed by atoms with Crippen molar-refractivity contribution >= 4 is 11.8 Å². The maximum Gasteiger partial charge on any atom is 0.258 e. The molecule has 0 bridgehead atoms. The van der Waals surface area contributed by atoms with Gasteiger partial charge in [0.25, 0.3) is 11.8 Å². The Morgan fingerprint density at radius 2 is 1.64 bits per heavy atom. The summed E-state index contributed by atoms with van der Waals surface area (Å²) in [5, 5.41) is 5.37. The van der Waals surface area contributed by atoms with Crippen LogP contribution in [0.3, 0.4) is 0 Å². The minimum atomic E-state index is -0.234. The van der Waals surface area contributed by atoms with Crippen LogP contribution >= 0.6 is 0 Å². The first-order valence-corrected chi connectivity index (χ1v) is 6.88. The van der Waals surface area contributed by atoms with E-state index in [1.54, 1.807) is 36.7 Å². The Kier molecular flexibility index (Phi) is 5.92. The van der Waals surface area contributed by atoms with Gasteiger partial charge >= 0.3 is 0 Å². The molecule has 1 aromatic heterocycles. The molecule has 0 fully saturated rings. The van der Waals surface area contributed by atoms with Crippen molar-refractivity contribution in [2.75, 3.05) is 19.7 Å². The number of carbonyl (C=O) groups is 2. The standard InChI is InChI=1S/C16H17N3O3/c20-15(12-22-14-4-2-1-3-5-14)18-10-11-19-16(21)13-6-8-17-9-7-13/h1-9H,10-12H2,(H,18,20)(H,19,21). The minimum Gasteiger partial charge on any atom is -0.484 e. The zero-order valence-corrected chi connectivity index (χ0v) is 12.0. The molecule has 1 heterocycles. The quantitative estimate of drug-likeness (QED) is 0.748. The number of para-hydroxylation sites is 1. The van der Waals surface area contributed by atoms with E-state index in [-0.39, 0.29) is 18.4 Å². The van der Waals surface area contributed by atoms with Crippen molar-refractivity contribution in [3.8, 4) is 5.75 Å². The second kappa shape index (κ2) is 8.41. The summed E-state index contributed by atoms with van der Waals surface area (Å²) in [4.78, 5) is 27.1. The highest BCUT2D eigenvalue weighted by Crippen LogP contribution is 2.07. The first-order valence-electron chi connectivity index (χ1n) is 6.88. The maximum absolute atomic E-state index is 11.7. The third-order valence-corrected chi connectivity index (χ3v) is 2.79. The molecule has 1 aromatic carbocycles. The number of nitrogens with one attached hydrogen (secondary N) is 2. The molecule has 2 amide bonds. The topological polar surface area (TPSA) is 80.3 Å². The number of hydrogen-bond acceptors (Lipinski definition) is 4. The lowest BCUT2D eigenvalue weighted by molar-refractivity contribution is -0.123. The Labute approximate surface area is 128 Å². The van der Waals surface area contributed by atoms with Gasteiger partial charge in [-0.3, -0.25) is 14.6 Å². The van der Waals surface area contributed by atoms with Gasteiger partial charge in [-0.1, -0.05) is 18.2 Å². The molecule has 0 aliphatic heterocycles. The lowest BCUT2D eigenvalue weighted by Gasteiger charge is -2.08. The minimum absolute atomic E-state index is 0.0533. The lowest BCUT2D eigenvalue weighted by atomic mass is 10.2. The Balaban J connectivity index is 1.60. The summed E-state index contributed by atoms with van der Waals surface area (Å²) < 4.78 is 5.31. The molecule has 6 heteroatoms. The number of hydrogen-bond donors (Lipinski definition) is 2. The largest absolute Gasteiger partial charge is 0.484 e. The zero-order valence-electron chi connectivity index (χ0n) is 12.0. The molecule has 0 aliphatic rings. The lowest BCUT2D eigenvalue weighted by Crippen LogP contribution is -2.36. The van der Waals surface area contributed by atoms with Gasteiger partial charge in [-0.2, -0.15) is 0 Å². The van der Waals surface area contributed by atoms with Gasteiger partial charge in [-0.05, 0) is 24.3 Å². The highest BCUT2D eigenvalue weighted by atomic mass is 16.5. The Morgan fingerprint density at radius 1 is 0.955 bits per heavy atom. The van der Waals surface area contributed by atoms with Crippen LogP contribution in [0.1, 0.15) is 10.4 Å². The number of rotatable bonds is 7. The molecule has 6 nitrogen and oxygen atoms in total. The number of pyridine rings is 1. The maximum atomic E-state index is 11.7. The Hall–Kier alpha value is -2.89. The van der Waals surface area contributed by atoms with E-state index in [4.69, 9.17) is 4.74 Å². The van der Waals surface area contributed by atoms with Crippen LogP contribution in [0.25, 0.3) is 0 Å². The van der Waals surface area contributed by atoms with Crippen LogP contribution in [0, 0.1) is 0 Å². The van der Waals surface area contributed by atoms with Crippen molar-refractivity contribution < 1.29 is 14.3 Å². The molecule has 2 N–H and O–H groups in total. The number of nitrogens with zero attached hydrogens (tertiary/aromatic N) is 1. The summed E-state index contributed by atoms with van der Waals surface area (Å²) in [6.45, 7) is 0.633. The molecular formula is C16H17N3O3. The second-order valence-corrected chi connectivity index (χ2v) is 4.44. The van der Waals surface area contributed by atoms with Crippen LogP contribution in [0.15, 0.2) is 54.9 Å². The number of benzene rings is 1. The molecule has 0 saturated heterocycles. The molecule has 0 spiro atoms. The van der Waals surface area contributed by atoms with Crippen molar-refractivity contribution in [2.45, 2.75) is 0 Å². The van der Waals surface area contributed by atoms with Crippen LogP contribution in [0.2, 0.25) is 0 Å². The molecule has 2 aromatic rings. The van der Waals surface area contributed by atoms with Gasteiger partial charge in [-0.25, -0.2) is 0 Å². The predicted molar refractivity (Wildman–Crippen MR) is 81.5 cm³/mol. The second-order valence-electron chi connectivity index (χ2n) is 4.44. The van der Waals surface area contributed by atoms with E-state index in [2.05, 4.69) is 15.6 Å². The van der Waals surface area contributed by atoms with Gasteiger partial charge in [0.15, 0.2) is 6.61 Å². The summed E-state index contributed by atoms with van der Waals surface area (Å²) in [5.41, 5.74) is 0.536. The Bertz CT molecular complexity index is 603.